The zero-order valence-corrected chi connectivity index (χ0v) is 12.6. The normalized spacial score (nSPS) is 25.6. The highest BCUT2D eigenvalue weighted by Gasteiger charge is 2.45. The molecule has 1 aliphatic heterocycles. The first-order valence-corrected chi connectivity index (χ1v) is 7.83. The molecule has 2 fully saturated rings. The van der Waals surface area contributed by atoms with E-state index in [4.69, 9.17) is 9.47 Å². The molecule has 21 heavy (non-hydrogen) atoms. The molecule has 114 valence electrons. The van der Waals surface area contributed by atoms with Gasteiger partial charge in [0.1, 0.15) is 0 Å². The zero-order chi connectivity index (χ0) is 14.7. The van der Waals surface area contributed by atoms with E-state index in [1.807, 2.05) is 6.92 Å². The summed E-state index contributed by atoms with van der Waals surface area (Å²) in [6.45, 7) is 6.95. The average Bonchev–Trinajstić information content (AvgIpc) is 3.29. The number of nitrogens with zero attached hydrogens (tertiary/aromatic N) is 1. The third-order valence-electron chi connectivity index (χ3n) is 4.27. The van der Waals surface area contributed by atoms with E-state index in [0.29, 0.717) is 12.5 Å². The summed E-state index contributed by atoms with van der Waals surface area (Å²) >= 11 is 0. The lowest BCUT2D eigenvalue weighted by Gasteiger charge is -2.26. The number of rotatable bonds is 5. The summed E-state index contributed by atoms with van der Waals surface area (Å²) < 4.78 is 10.5. The zero-order valence-electron chi connectivity index (χ0n) is 12.6. The van der Waals surface area contributed by atoms with Gasteiger partial charge < -0.3 is 9.47 Å². The van der Waals surface area contributed by atoms with Gasteiger partial charge in [-0.05, 0) is 30.4 Å². The van der Waals surface area contributed by atoms with Gasteiger partial charge in [-0.15, -0.1) is 0 Å². The lowest BCUT2D eigenvalue weighted by Crippen LogP contribution is -2.35. The predicted molar refractivity (Wildman–Crippen MR) is 80.0 cm³/mol. The van der Waals surface area contributed by atoms with Crippen molar-refractivity contribution in [2.24, 2.45) is 5.92 Å². The summed E-state index contributed by atoms with van der Waals surface area (Å²) in [6, 6.07) is 8.65. The number of hydrogen-bond acceptors (Lipinski definition) is 4. The van der Waals surface area contributed by atoms with Gasteiger partial charge in [0.15, 0.2) is 0 Å². The highest BCUT2D eigenvalue weighted by molar-refractivity contribution is 5.77. The van der Waals surface area contributed by atoms with Crippen molar-refractivity contribution < 1.29 is 14.3 Å². The molecule has 0 radical (unpaired) electrons. The number of benzene rings is 1. The Morgan fingerprint density at radius 1 is 1.38 bits per heavy atom. The fraction of sp³-hybridized carbons (Fsp3) is 0.588. The molecule has 4 heteroatoms. The molecule has 0 bridgehead atoms. The van der Waals surface area contributed by atoms with Gasteiger partial charge in [-0.1, -0.05) is 24.3 Å². The minimum absolute atomic E-state index is 0.0407. The highest BCUT2D eigenvalue weighted by Crippen LogP contribution is 2.48. The standard InChI is InChI=1S/C17H23NO3/c1-2-21-17(19)16-11-15(16)14-5-3-4-13(10-14)12-18-6-8-20-9-7-18/h3-5,10,15-16H,2,6-9,11-12H2,1H3. The number of carbonyl (C=O) groups excluding carboxylic acids is 1. The first kappa shape index (κ1) is 14.5. The topological polar surface area (TPSA) is 38.8 Å². The lowest BCUT2D eigenvalue weighted by molar-refractivity contribution is -0.144. The average molecular weight is 289 g/mol. The molecular weight excluding hydrogens is 266 g/mol. The summed E-state index contributed by atoms with van der Waals surface area (Å²) in [5, 5.41) is 0. The van der Waals surface area contributed by atoms with Crippen molar-refractivity contribution in [3.05, 3.63) is 35.4 Å². The van der Waals surface area contributed by atoms with Gasteiger partial charge in [-0.2, -0.15) is 0 Å². The highest BCUT2D eigenvalue weighted by atomic mass is 16.5. The number of morpholine rings is 1. The third kappa shape index (κ3) is 3.63. The maximum atomic E-state index is 11.7. The second kappa shape index (κ2) is 6.58. The molecule has 2 atom stereocenters. The lowest BCUT2D eigenvalue weighted by atomic mass is 10.1. The fourth-order valence-electron chi connectivity index (χ4n) is 3.01. The SMILES string of the molecule is CCOC(=O)C1CC1c1cccc(CN2CCOCC2)c1. The molecule has 3 rings (SSSR count). The van der Waals surface area contributed by atoms with Gasteiger partial charge in [0.05, 0.1) is 25.7 Å². The van der Waals surface area contributed by atoms with E-state index in [1.165, 1.54) is 11.1 Å². The van der Waals surface area contributed by atoms with E-state index in [0.717, 1.165) is 39.3 Å². The van der Waals surface area contributed by atoms with Crippen molar-refractivity contribution in [1.82, 2.24) is 4.90 Å². The van der Waals surface area contributed by atoms with E-state index in [1.54, 1.807) is 0 Å². The van der Waals surface area contributed by atoms with Crippen molar-refractivity contribution in [1.29, 1.82) is 0 Å². The Labute approximate surface area is 126 Å². The number of carbonyl (C=O) groups is 1. The van der Waals surface area contributed by atoms with E-state index >= 15 is 0 Å². The maximum Gasteiger partial charge on any atom is 0.309 e. The van der Waals surface area contributed by atoms with Crippen LogP contribution in [0.15, 0.2) is 24.3 Å². The van der Waals surface area contributed by atoms with Crippen LogP contribution in [0.5, 0.6) is 0 Å². The van der Waals surface area contributed by atoms with Gasteiger partial charge in [0, 0.05) is 19.6 Å². The molecule has 1 saturated heterocycles. The van der Waals surface area contributed by atoms with Crippen LogP contribution in [-0.2, 0) is 20.8 Å². The Morgan fingerprint density at radius 3 is 2.95 bits per heavy atom. The van der Waals surface area contributed by atoms with Gasteiger partial charge in [0.25, 0.3) is 0 Å². The monoisotopic (exact) mass is 289 g/mol. The van der Waals surface area contributed by atoms with Crippen LogP contribution in [0.1, 0.15) is 30.4 Å². The first-order valence-electron chi connectivity index (χ1n) is 7.83. The fourth-order valence-corrected chi connectivity index (χ4v) is 3.01. The van der Waals surface area contributed by atoms with Crippen molar-refractivity contribution in [2.75, 3.05) is 32.9 Å². The Hall–Kier alpha value is -1.39. The number of hydrogen-bond donors (Lipinski definition) is 0. The molecule has 4 nitrogen and oxygen atoms in total. The van der Waals surface area contributed by atoms with Crippen LogP contribution in [-0.4, -0.2) is 43.8 Å². The second-order valence-electron chi connectivity index (χ2n) is 5.83. The first-order chi connectivity index (χ1) is 10.3. The van der Waals surface area contributed by atoms with Crippen LogP contribution in [0.2, 0.25) is 0 Å². The van der Waals surface area contributed by atoms with E-state index in [-0.39, 0.29) is 11.9 Å². The molecule has 1 aliphatic carbocycles. The smallest absolute Gasteiger partial charge is 0.309 e. The summed E-state index contributed by atoms with van der Waals surface area (Å²) in [4.78, 5) is 14.2. The van der Waals surface area contributed by atoms with Crippen LogP contribution in [0.3, 0.4) is 0 Å². The number of esters is 1. The predicted octanol–water partition coefficient (Wildman–Crippen LogP) is 2.19. The molecule has 0 spiro atoms. The molecule has 1 saturated carbocycles. The summed E-state index contributed by atoms with van der Waals surface area (Å²) in [6.07, 6.45) is 0.930. The molecule has 0 N–H and O–H groups in total. The molecule has 0 aromatic heterocycles. The molecule has 1 heterocycles. The molecule has 2 unspecified atom stereocenters. The van der Waals surface area contributed by atoms with Gasteiger partial charge in [-0.25, -0.2) is 0 Å². The molecule has 2 aliphatic rings. The minimum atomic E-state index is -0.0407. The van der Waals surface area contributed by atoms with Gasteiger partial charge in [-0.3, -0.25) is 9.69 Å². The van der Waals surface area contributed by atoms with Crippen molar-refractivity contribution in [3.8, 4) is 0 Å². The van der Waals surface area contributed by atoms with Crippen molar-refractivity contribution in [3.63, 3.8) is 0 Å². The van der Waals surface area contributed by atoms with Crippen LogP contribution >= 0.6 is 0 Å². The Balaban J connectivity index is 1.60. The van der Waals surface area contributed by atoms with E-state index in [9.17, 15) is 4.79 Å². The maximum absolute atomic E-state index is 11.7. The quantitative estimate of drug-likeness (QED) is 0.779. The van der Waals surface area contributed by atoms with Gasteiger partial charge in [0.2, 0.25) is 0 Å². The minimum Gasteiger partial charge on any atom is -0.466 e. The Bertz CT molecular complexity index is 497. The van der Waals surface area contributed by atoms with E-state index < -0.39 is 0 Å². The Kier molecular flexibility index (Phi) is 4.56. The largest absolute Gasteiger partial charge is 0.466 e. The van der Waals surface area contributed by atoms with Crippen LogP contribution in [0.4, 0.5) is 0 Å². The van der Waals surface area contributed by atoms with Crippen molar-refractivity contribution in [2.45, 2.75) is 25.8 Å². The van der Waals surface area contributed by atoms with Crippen LogP contribution in [0.25, 0.3) is 0 Å². The van der Waals surface area contributed by atoms with Crippen LogP contribution in [0, 0.1) is 5.92 Å². The summed E-state index contributed by atoms with van der Waals surface area (Å²) in [5.41, 5.74) is 2.60. The van der Waals surface area contributed by atoms with Crippen molar-refractivity contribution >= 4 is 5.97 Å². The Morgan fingerprint density at radius 2 is 2.19 bits per heavy atom. The van der Waals surface area contributed by atoms with Crippen LogP contribution < -0.4 is 0 Å². The summed E-state index contributed by atoms with van der Waals surface area (Å²) in [7, 11) is 0. The molecule has 1 aromatic rings. The molecule has 0 amide bonds. The van der Waals surface area contributed by atoms with E-state index in [2.05, 4.69) is 29.2 Å². The molecule has 1 aromatic carbocycles. The number of ether oxygens (including phenoxy) is 2. The van der Waals surface area contributed by atoms with Gasteiger partial charge >= 0.3 is 5.97 Å². The summed E-state index contributed by atoms with van der Waals surface area (Å²) in [5.74, 6) is 0.387. The molecular formula is C17H23NO3. The second-order valence-corrected chi connectivity index (χ2v) is 5.83. The third-order valence-corrected chi connectivity index (χ3v) is 4.27.